The molecule has 1 aromatic rings. The van der Waals surface area contributed by atoms with E-state index in [1.165, 1.54) is 25.0 Å². The number of nitrogens with zero attached hydrogens (tertiary/aromatic N) is 1. The van der Waals surface area contributed by atoms with Gasteiger partial charge in [-0.1, -0.05) is 25.1 Å². The molecular formula is C18H30IN3OS2. The van der Waals surface area contributed by atoms with Crippen LogP contribution in [-0.2, 0) is 10.8 Å². The van der Waals surface area contributed by atoms with Crippen molar-refractivity contribution >= 4 is 52.5 Å². The second-order valence-electron chi connectivity index (χ2n) is 5.86. The minimum absolute atomic E-state index is 0. The van der Waals surface area contributed by atoms with Crippen molar-refractivity contribution < 1.29 is 4.21 Å². The zero-order valence-corrected chi connectivity index (χ0v) is 19.0. The van der Waals surface area contributed by atoms with Gasteiger partial charge in [0.05, 0.1) is 17.3 Å². The van der Waals surface area contributed by atoms with Crippen molar-refractivity contribution in [2.75, 3.05) is 24.6 Å². The SMILES string of the molecule is CCNC(=NCCS(=O)c1ccccc1)NC1CCC(SCC)C1.I. The fraction of sp³-hybridized carbons (Fsp3) is 0.611. The number of halogens is 1. The molecule has 1 fully saturated rings. The fourth-order valence-corrected chi connectivity index (χ4v) is 5.00. The zero-order chi connectivity index (χ0) is 17.2. The maximum absolute atomic E-state index is 12.2. The Balaban J connectivity index is 0.00000312. The van der Waals surface area contributed by atoms with Crippen LogP contribution in [0, 0.1) is 0 Å². The smallest absolute Gasteiger partial charge is 0.191 e. The molecule has 0 aliphatic heterocycles. The highest BCUT2D eigenvalue weighted by Crippen LogP contribution is 2.29. The molecule has 0 spiro atoms. The van der Waals surface area contributed by atoms with Gasteiger partial charge in [-0.3, -0.25) is 9.20 Å². The largest absolute Gasteiger partial charge is 0.357 e. The van der Waals surface area contributed by atoms with Crippen LogP contribution >= 0.6 is 35.7 Å². The summed E-state index contributed by atoms with van der Waals surface area (Å²) in [6, 6.07) is 10.1. The fourth-order valence-electron chi connectivity index (χ4n) is 2.90. The van der Waals surface area contributed by atoms with Crippen LogP contribution < -0.4 is 10.6 Å². The molecule has 0 amide bonds. The van der Waals surface area contributed by atoms with Crippen LogP contribution in [-0.4, -0.2) is 46.1 Å². The molecular weight excluding hydrogens is 465 g/mol. The normalized spacial score (nSPS) is 21.4. The molecule has 0 aromatic heterocycles. The van der Waals surface area contributed by atoms with Gasteiger partial charge >= 0.3 is 0 Å². The quantitative estimate of drug-likeness (QED) is 0.329. The van der Waals surface area contributed by atoms with Gasteiger partial charge in [0.1, 0.15) is 0 Å². The van der Waals surface area contributed by atoms with Gasteiger partial charge in [0.2, 0.25) is 0 Å². The third-order valence-electron chi connectivity index (χ3n) is 4.02. The Labute approximate surface area is 175 Å². The standard InChI is InChI=1S/C18H29N3OS2.HI/c1-3-19-18(21-15-10-11-16(14-15)23-4-2)20-12-13-24(22)17-8-6-5-7-9-17;/h5-9,15-16H,3-4,10-14H2,1-2H3,(H2,19,20,21);1H. The van der Waals surface area contributed by atoms with Crippen LogP contribution in [0.2, 0.25) is 0 Å². The molecule has 1 aliphatic carbocycles. The summed E-state index contributed by atoms with van der Waals surface area (Å²) < 4.78 is 12.2. The van der Waals surface area contributed by atoms with Gasteiger partial charge in [-0.15, -0.1) is 24.0 Å². The number of benzene rings is 1. The molecule has 0 saturated heterocycles. The van der Waals surface area contributed by atoms with Gasteiger partial charge in [0.15, 0.2) is 5.96 Å². The van der Waals surface area contributed by atoms with Crippen LogP contribution in [0.4, 0.5) is 0 Å². The number of aliphatic imine (C=N–C) groups is 1. The van der Waals surface area contributed by atoms with Crippen molar-refractivity contribution in [3.8, 4) is 0 Å². The summed E-state index contributed by atoms with van der Waals surface area (Å²) in [6.45, 7) is 5.71. The van der Waals surface area contributed by atoms with Gasteiger partial charge in [0.25, 0.3) is 0 Å². The number of hydrogen-bond donors (Lipinski definition) is 2. The second-order valence-corrected chi connectivity index (χ2v) is 9.00. The van der Waals surface area contributed by atoms with Crippen molar-refractivity contribution in [1.82, 2.24) is 10.6 Å². The summed E-state index contributed by atoms with van der Waals surface area (Å²) in [7, 11) is -0.982. The molecule has 1 aromatic carbocycles. The third-order valence-corrected chi connectivity index (χ3v) is 6.61. The van der Waals surface area contributed by atoms with Crippen molar-refractivity contribution in [1.29, 1.82) is 0 Å². The van der Waals surface area contributed by atoms with Gasteiger partial charge in [-0.25, -0.2) is 0 Å². The molecule has 1 saturated carbocycles. The predicted octanol–water partition coefficient (Wildman–Crippen LogP) is 3.64. The van der Waals surface area contributed by atoms with Gasteiger partial charge in [-0.05, 0) is 44.1 Å². The van der Waals surface area contributed by atoms with E-state index in [-0.39, 0.29) is 24.0 Å². The topological polar surface area (TPSA) is 53.5 Å². The lowest BCUT2D eigenvalue weighted by atomic mass is 10.2. The van der Waals surface area contributed by atoms with Crippen LogP contribution in [0.25, 0.3) is 0 Å². The van der Waals surface area contributed by atoms with Crippen LogP contribution in [0.1, 0.15) is 33.1 Å². The minimum atomic E-state index is -0.982. The van der Waals surface area contributed by atoms with Crippen LogP contribution in [0.5, 0.6) is 0 Å². The van der Waals surface area contributed by atoms with Gasteiger partial charge in [-0.2, -0.15) is 11.8 Å². The van der Waals surface area contributed by atoms with Gasteiger partial charge < -0.3 is 10.6 Å². The molecule has 142 valence electrons. The monoisotopic (exact) mass is 495 g/mol. The first-order valence-corrected chi connectivity index (χ1v) is 11.2. The Morgan fingerprint density at radius 1 is 1.28 bits per heavy atom. The van der Waals surface area contributed by atoms with E-state index in [1.807, 2.05) is 30.3 Å². The van der Waals surface area contributed by atoms with E-state index in [2.05, 4.69) is 41.2 Å². The van der Waals surface area contributed by atoms with E-state index in [0.717, 1.165) is 22.6 Å². The number of rotatable bonds is 8. The number of guanidine groups is 1. The summed E-state index contributed by atoms with van der Waals surface area (Å²) in [6.07, 6.45) is 3.70. The molecule has 1 aliphatic rings. The average molecular weight is 495 g/mol. The van der Waals surface area contributed by atoms with E-state index in [1.54, 1.807) is 0 Å². The summed E-state index contributed by atoms with van der Waals surface area (Å²) in [4.78, 5) is 5.48. The highest BCUT2D eigenvalue weighted by Gasteiger charge is 2.25. The molecule has 3 atom stereocenters. The lowest BCUT2D eigenvalue weighted by Crippen LogP contribution is -2.42. The Hall–Kier alpha value is -0.280. The molecule has 25 heavy (non-hydrogen) atoms. The van der Waals surface area contributed by atoms with Crippen molar-refractivity contribution in [3.05, 3.63) is 30.3 Å². The predicted molar refractivity (Wildman–Crippen MR) is 122 cm³/mol. The van der Waals surface area contributed by atoms with Crippen molar-refractivity contribution in [2.24, 2.45) is 4.99 Å². The molecule has 7 heteroatoms. The summed E-state index contributed by atoms with van der Waals surface area (Å²) >= 11 is 2.06. The van der Waals surface area contributed by atoms with Crippen LogP contribution in [0.3, 0.4) is 0 Å². The maximum Gasteiger partial charge on any atom is 0.191 e. The highest BCUT2D eigenvalue weighted by atomic mass is 127. The van der Waals surface area contributed by atoms with Gasteiger partial charge in [0, 0.05) is 28.5 Å². The molecule has 2 N–H and O–H groups in total. The van der Waals surface area contributed by atoms with Crippen molar-refractivity contribution in [3.63, 3.8) is 0 Å². The second kappa shape index (κ2) is 13.0. The van der Waals surface area contributed by atoms with E-state index >= 15 is 0 Å². The number of thioether (sulfide) groups is 1. The Morgan fingerprint density at radius 3 is 2.72 bits per heavy atom. The maximum atomic E-state index is 12.2. The molecule has 3 unspecified atom stereocenters. The van der Waals surface area contributed by atoms with E-state index in [0.29, 0.717) is 18.3 Å². The first-order chi connectivity index (χ1) is 11.7. The minimum Gasteiger partial charge on any atom is -0.357 e. The first-order valence-electron chi connectivity index (χ1n) is 8.82. The lowest BCUT2D eigenvalue weighted by Gasteiger charge is -2.17. The molecule has 0 bridgehead atoms. The molecule has 4 nitrogen and oxygen atoms in total. The Kier molecular flexibility index (Phi) is 11.8. The van der Waals surface area contributed by atoms with E-state index in [9.17, 15) is 4.21 Å². The highest BCUT2D eigenvalue weighted by molar-refractivity contribution is 14.0. The Morgan fingerprint density at radius 2 is 2.04 bits per heavy atom. The third kappa shape index (κ3) is 8.30. The number of nitrogens with one attached hydrogen (secondary N) is 2. The average Bonchev–Trinajstić information content (AvgIpc) is 3.03. The van der Waals surface area contributed by atoms with E-state index < -0.39 is 10.8 Å². The van der Waals surface area contributed by atoms with Crippen molar-refractivity contribution in [2.45, 2.75) is 49.3 Å². The molecule has 0 radical (unpaired) electrons. The summed E-state index contributed by atoms with van der Waals surface area (Å²) in [5, 5.41) is 7.63. The lowest BCUT2D eigenvalue weighted by molar-refractivity contribution is 0.615. The molecule has 2 rings (SSSR count). The Bertz CT molecular complexity index is 542. The molecule has 0 heterocycles. The van der Waals surface area contributed by atoms with E-state index in [4.69, 9.17) is 0 Å². The number of hydrogen-bond acceptors (Lipinski definition) is 3. The summed E-state index contributed by atoms with van der Waals surface area (Å²) in [5.74, 6) is 2.60. The first kappa shape index (κ1) is 22.8. The summed E-state index contributed by atoms with van der Waals surface area (Å²) in [5.41, 5.74) is 0. The zero-order valence-electron chi connectivity index (χ0n) is 15.1. The van der Waals surface area contributed by atoms with Crippen LogP contribution in [0.15, 0.2) is 40.2 Å².